The molecule has 1 fully saturated rings. The number of nitrogens with zero attached hydrogens (tertiary/aromatic N) is 3. The Labute approximate surface area is 210 Å². The zero-order valence-electron chi connectivity index (χ0n) is 20.6. The highest BCUT2D eigenvalue weighted by Gasteiger charge is 2.39. The van der Waals surface area contributed by atoms with Crippen LogP contribution in [-0.4, -0.2) is 36.4 Å². The van der Waals surface area contributed by atoms with Crippen molar-refractivity contribution in [3.8, 4) is 5.88 Å². The third-order valence-corrected chi connectivity index (χ3v) is 7.41. The van der Waals surface area contributed by atoms with Crippen LogP contribution in [0.3, 0.4) is 0 Å². The molecule has 1 saturated heterocycles. The van der Waals surface area contributed by atoms with Crippen molar-refractivity contribution in [2.75, 3.05) is 11.4 Å². The molecule has 1 amide bonds. The molecule has 0 aliphatic carbocycles. The Morgan fingerprint density at radius 1 is 1.19 bits per heavy atom. The minimum absolute atomic E-state index is 0.0250. The van der Waals surface area contributed by atoms with Crippen molar-refractivity contribution in [2.24, 2.45) is 5.92 Å². The van der Waals surface area contributed by atoms with Crippen LogP contribution in [0, 0.1) is 11.7 Å². The van der Waals surface area contributed by atoms with Crippen molar-refractivity contribution < 1.29 is 22.3 Å². The van der Waals surface area contributed by atoms with Crippen LogP contribution in [-0.2, 0) is 10.0 Å². The summed E-state index contributed by atoms with van der Waals surface area (Å²) >= 11 is 0. The summed E-state index contributed by atoms with van der Waals surface area (Å²) in [6.45, 7) is 8.68. The van der Waals surface area contributed by atoms with E-state index in [0.717, 1.165) is 6.42 Å². The van der Waals surface area contributed by atoms with E-state index in [-0.39, 0.29) is 22.0 Å². The molecular formula is C26H29FN4O4S. The van der Waals surface area contributed by atoms with Crippen LogP contribution in [0.1, 0.15) is 56.1 Å². The lowest BCUT2D eigenvalue weighted by Gasteiger charge is -2.33. The number of aromatic nitrogens is 2. The number of anilines is 1. The largest absolute Gasteiger partial charge is 0.470 e. The molecule has 1 N–H and O–H groups in total. The first-order valence-corrected chi connectivity index (χ1v) is 13.1. The lowest BCUT2D eigenvalue weighted by atomic mass is 9.97. The molecule has 0 spiro atoms. The lowest BCUT2D eigenvalue weighted by molar-refractivity contribution is 0.0981. The van der Waals surface area contributed by atoms with E-state index in [4.69, 9.17) is 4.74 Å². The van der Waals surface area contributed by atoms with Gasteiger partial charge in [-0.2, -0.15) is 13.4 Å². The van der Waals surface area contributed by atoms with E-state index in [1.165, 1.54) is 30.3 Å². The van der Waals surface area contributed by atoms with Gasteiger partial charge in [0.15, 0.2) is 5.03 Å². The van der Waals surface area contributed by atoms with Crippen molar-refractivity contribution in [3.63, 3.8) is 0 Å². The molecule has 0 saturated carbocycles. The normalized spacial score (nSPS) is 18.0. The molecule has 3 aromatic rings. The SMILES string of the molecule is CC1CN(c2ncccc2C(=O)NS(=O)(=O)c2cccc(OC(C)c3cccc(F)c3)n2)C(C)(C)C1. The zero-order valence-corrected chi connectivity index (χ0v) is 21.4. The number of hydrogen-bond donors (Lipinski definition) is 1. The smallest absolute Gasteiger partial charge is 0.281 e. The lowest BCUT2D eigenvalue weighted by Crippen LogP contribution is -2.41. The Balaban J connectivity index is 1.55. The highest BCUT2D eigenvalue weighted by molar-refractivity contribution is 7.90. The van der Waals surface area contributed by atoms with E-state index in [9.17, 15) is 17.6 Å². The van der Waals surface area contributed by atoms with Gasteiger partial charge < -0.3 is 9.64 Å². The minimum atomic E-state index is -4.31. The Hall–Kier alpha value is -3.53. The van der Waals surface area contributed by atoms with Crippen molar-refractivity contribution in [3.05, 3.63) is 77.7 Å². The van der Waals surface area contributed by atoms with Crippen molar-refractivity contribution in [1.82, 2.24) is 14.7 Å². The maximum absolute atomic E-state index is 13.5. The summed E-state index contributed by atoms with van der Waals surface area (Å²) < 4.78 is 47.5. The van der Waals surface area contributed by atoms with Gasteiger partial charge >= 0.3 is 0 Å². The molecule has 2 aromatic heterocycles. The summed E-state index contributed by atoms with van der Waals surface area (Å²) in [6.07, 6.45) is 1.93. The number of amides is 1. The molecule has 4 rings (SSSR count). The highest BCUT2D eigenvalue weighted by atomic mass is 32.2. The molecular weight excluding hydrogens is 483 g/mol. The van der Waals surface area contributed by atoms with Gasteiger partial charge in [0.2, 0.25) is 5.88 Å². The summed E-state index contributed by atoms with van der Waals surface area (Å²) in [5.74, 6) is -0.333. The number of pyridine rings is 2. The van der Waals surface area contributed by atoms with Crippen LogP contribution in [0.4, 0.5) is 10.2 Å². The minimum Gasteiger partial charge on any atom is -0.470 e. The fourth-order valence-electron chi connectivity index (χ4n) is 4.60. The van der Waals surface area contributed by atoms with Gasteiger partial charge in [0.1, 0.15) is 17.7 Å². The molecule has 0 radical (unpaired) electrons. The molecule has 1 aliphatic heterocycles. The number of halogens is 1. The standard InChI is InChI=1S/C26H29FN4O4S/c1-17-15-26(3,4)31(16-17)24-21(10-7-13-28-24)25(32)30-36(33,34)23-12-6-11-22(29-23)35-18(2)19-8-5-9-20(27)14-19/h5-14,17-18H,15-16H2,1-4H3,(H,30,32). The van der Waals surface area contributed by atoms with Crippen LogP contribution < -0.4 is 14.4 Å². The van der Waals surface area contributed by atoms with Crippen LogP contribution >= 0.6 is 0 Å². The van der Waals surface area contributed by atoms with Gasteiger partial charge in [0, 0.05) is 24.3 Å². The van der Waals surface area contributed by atoms with E-state index >= 15 is 0 Å². The van der Waals surface area contributed by atoms with E-state index < -0.39 is 27.9 Å². The molecule has 1 aliphatic rings. The number of carbonyl (C=O) groups excluding carboxylic acids is 1. The van der Waals surface area contributed by atoms with Crippen LogP contribution in [0.5, 0.6) is 5.88 Å². The van der Waals surface area contributed by atoms with Gasteiger partial charge in [-0.3, -0.25) is 4.79 Å². The Kier molecular flexibility index (Phi) is 6.99. The summed E-state index contributed by atoms with van der Waals surface area (Å²) in [4.78, 5) is 23.6. The van der Waals surface area contributed by atoms with Crippen LogP contribution in [0.15, 0.2) is 65.8 Å². The third kappa shape index (κ3) is 5.48. The van der Waals surface area contributed by atoms with E-state index in [1.807, 2.05) is 4.90 Å². The van der Waals surface area contributed by atoms with Gasteiger partial charge in [-0.15, -0.1) is 0 Å². The van der Waals surface area contributed by atoms with Gasteiger partial charge in [-0.25, -0.2) is 14.1 Å². The molecule has 190 valence electrons. The molecule has 8 nitrogen and oxygen atoms in total. The second-order valence-electron chi connectivity index (χ2n) is 9.67. The average Bonchev–Trinajstić information content (AvgIpc) is 3.10. The maximum Gasteiger partial charge on any atom is 0.281 e. The van der Waals surface area contributed by atoms with Crippen LogP contribution in [0.2, 0.25) is 0 Å². The number of nitrogens with one attached hydrogen (secondary N) is 1. The van der Waals surface area contributed by atoms with E-state index in [1.54, 1.807) is 37.4 Å². The number of ether oxygens (including phenoxy) is 1. The second-order valence-corrected chi connectivity index (χ2v) is 11.3. The number of benzene rings is 1. The van der Waals surface area contributed by atoms with Gasteiger partial charge in [0.05, 0.1) is 5.56 Å². The third-order valence-electron chi connectivity index (χ3n) is 6.18. The second kappa shape index (κ2) is 9.85. The monoisotopic (exact) mass is 512 g/mol. The van der Waals surface area contributed by atoms with Crippen molar-refractivity contribution in [1.29, 1.82) is 0 Å². The predicted octanol–water partition coefficient (Wildman–Crippen LogP) is 4.50. The maximum atomic E-state index is 13.5. The number of hydrogen-bond acceptors (Lipinski definition) is 7. The van der Waals surface area contributed by atoms with Crippen molar-refractivity contribution in [2.45, 2.75) is 50.8 Å². The van der Waals surface area contributed by atoms with Crippen molar-refractivity contribution >= 4 is 21.7 Å². The van der Waals surface area contributed by atoms with Gasteiger partial charge in [-0.05, 0) is 69.0 Å². The summed E-state index contributed by atoms with van der Waals surface area (Å²) in [7, 11) is -4.31. The molecule has 10 heteroatoms. The van der Waals surface area contributed by atoms with Gasteiger partial charge in [-0.1, -0.05) is 25.1 Å². The molecule has 36 heavy (non-hydrogen) atoms. The van der Waals surface area contributed by atoms with E-state index in [0.29, 0.717) is 23.8 Å². The number of rotatable bonds is 7. The Morgan fingerprint density at radius 3 is 2.64 bits per heavy atom. The summed E-state index contributed by atoms with van der Waals surface area (Å²) in [5, 5.41) is -0.375. The first-order chi connectivity index (χ1) is 17.0. The average molecular weight is 513 g/mol. The Morgan fingerprint density at radius 2 is 1.94 bits per heavy atom. The quantitative estimate of drug-likeness (QED) is 0.497. The zero-order chi connectivity index (χ0) is 26.1. The van der Waals surface area contributed by atoms with Crippen LogP contribution in [0.25, 0.3) is 0 Å². The van der Waals surface area contributed by atoms with E-state index in [2.05, 4.69) is 35.5 Å². The molecule has 2 atom stereocenters. The number of sulfonamides is 1. The number of carbonyl (C=O) groups is 1. The predicted molar refractivity (Wildman–Crippen MR) is 134 cm³/mol. The first-order valence-electron chi connectivity index (χ1n) is 11.7. The highest BCUT2D eigenvalue weighted by Crippen LogP contribution is 2.37. The van der Waals surface area contributed by atoms with Gasteiger partial charge in [0.25, 0.3) is 15.9 Å². The topological polar surface area (TPSA) is 101 Å². The summed E-state index contributed by atoms with van der Waals surface area (Å²) in [5.41, 5.74) is 0.504. The Bertz CT molecular complexity index is 1380. The molecule has 1 aromatic carbocycles. The first kappa shape index (κ1) is 25.6. The summed E-state index contributed by atoms with van der Waals surface area (Å²) in [6, 6.07) is 13.3. The fourth-order valence-corrected chi connectivity index (χ4v) is 5.52. The fraction of sp³-hybridized carbons (Fsp3) is 0.346. The molecule has 3 heterocycles. The molecule has 2 unspecified atom stereocenters. The molecule has 0 bridgehead atoms.